The van der Waals surface area contributed by atoms with Gasteiger partial charge in [0.15, 0.2) is 0 Å². The second kappa shape index (κ2) is 13.8. The van der Waals surface area contributed by atoms with Gasteiger partial charge in [0.1, 0.15) is 0 Å². The highest BCUT2D eigenvalue weighted by atomic mass is 79.9. The van der Waals surface area contributed by atoms with Gasteiger partial charge in [0.2, 0.25) is 20.0 Å². The second-order valence-corrected chi connectivity index (χ2v) is 13.9. The van der Waals surface area contributed by atoms with Crippen molar-refractivity contribution in [1.82, 2.24) is 9.44 Å². The van der Waals surface area contributed by atoms with Gasteiger partial charge in [-0.25, -0.2) is 35.9 Å². The van der Waals surface area contributed by atoms with Crippen molar-refractivity contribution in [2.24, 2.45) is 0 Å². The summed E-state index contributed by atoms with van der Waals surface area (Å²) in [6, 6.07) is 7.74. The maximum absolute atomic E-state index is 12.5. The van der Waals surface area contributed by atoms with Crippen molar-refractivity contribution in [2.45, 2.75) is 70.0 Å². The van der Waals surface area contributed by atoms with Crippen LogP contribution in [0.25, 0.3) is 0 Å². The number of carboxylic acids is 2. The van der Waals surface area contributed by atoms with E-state index in [0.717, 1.165) is 12.1 Å². The number of carbonyl (C=O) groups is 2. The fraction of sp³-hybridized carbons (Fsp3) is 0.440. The molecule has 0 aliphatic carbocycles. The van der Waals surface area contributed by atoms with E-state index in [1.165, 1.54) is 24.3 Å². The van der Waals surface area contributed by atoms with Crippen LogP contribution in [-0.4, -0.2) is 70.4 Å². The van der Waals surface area contributed by atoms with Crippen molar-refractivity contribution in [3.63, 3.8) is 0 Å². The van der Waals surface area contributed by atoms with Crippen LogP contribution < -0.4 is 14.9 Å². The van der Waals surface area contributed by atoms with E-state index in [1.54, 1.807) is 13.8 Å². The zero-order valence-electron chi connectivity index (χ0n) is 22.8. The molecule has 0 aromatic heterocycles. The lowest BCUT2D eigenvalue weighted by Gasteiger charge is -2.32. The number of benzene rings is 2. The van der Waals surface area contributed by atoms with E-state index in [0.29, 0.717) is 4.47 Å². The first-order valence-electron chi connectivity index (χ1n) is 12.0. The van der Waals surface area contributed by atoms with E-state index in [2.05, 4.69) is 25.4 Å². The first kappa shape index (κ1) is 36.7. The number of nitrogens with one attached hydrogen (secondary N) is 2. The Morgan fingerprint density at radius 2 is 1.20 bits per heavy atom. The lowest BCUT2D eigenvalue weighted by molar-refractivity contribution is 0.00578. The van der Waals surface area contributed by atoms with Gasteiger partial charge in [-0.05, 0) is 74.0 Å². The fourth-order valence-electron chi connectivity index (χ4n) is 3.44. The first-order chi connectivity index (χ1) is 18.3. The minimum absolute atomic E-state index is 0. The van der Waals surface area contributed by atoms with Crippen molar-refractivity contribution in [1.29, 1.82) is 0 Å². The topological polar surface area (TPSA) is 185 Å². The zero-order valence-corrected chi connectivity index (χ0v) is 26.0. The monoisotopic (exact) mass is 678 g/mol. The predicted molar refractivity (Wildman–Crippen MR) is 159 cm³/mol. The van der Waals surface area contributed by atoms with Crippen LogP contribution in [0.4, 0.5) is 0 Å². The van der Waals surface area contributed by atoms with E-state index in [-0.39, 0.29) is 46.9 Å². The fourth-order valence-corrected chi connectivity index (χ4v) is 6.76. The highest BCUT2D eigenvalue weighted by Gasteiger charge is 2.52. The molecule has 0 bridgehead atoms. The molecule has 1 saturated heterocycles. The lowest BCUT2D eigenvalue weighted by atomic mass is 9.78. The smallest absolute Gasteiger partial charge is 0.478 e. The van der Waals surface area contributed by atoms with Gasteiger partial charge in [0, 0.05) is 23.0 Å². The Morgan fingerprint density at radius 1 is 0.805 bits per heavy atom. The summed E-state index contributed by atoms with van der Waals surface area (Å²) in [4.78, 5) is 21.7. The van der Waals surface area contributed by atoms with Crippen LogP contribution in [0.1, 0.15) is 69.7 Å². The molecular formula is C25H36BBrN2O10S2. The van der Waals surface area contributed by atoms with Gasteiger partial charge in [0.05, 0.1) is 32.1 Å². The van der Waals surface area contributed by atoms with Crippen molar-refractivity contribution >= 4 is 60.5 Å². The third-order valence-corrected chi connectivity index (χ3v) is 10.3. The summed E-state index contributed by atoms with van der Waals surface area (Å²) in [5.74, 6) is -2.37. The first-order valence-corrected chi connectivity index (χ1v) is 15.8. The van der Waals surface area contributed by atoms with E-state index in [4.69, 9.17) is 19.5 Å². The molecule has 1 aliphatic rings. The SMILES string of the molecule is C.CCNS(=O)(=O)c1cc(C(=O)O)ccc1B1OC(C)(C)C(C)(C)O1.CCNS(=O)(=O)c1cc(C(=O)O)ccc1Br. The van der Waals surface area contributed by atoms with E-state index >= 15 is 0 Å². The zero-order chi connectivity index (χ0) is 30.7. The largest absolute Gasteiger partial charge is 0.496 e. The highest BCUT2D eigenvalue weighted by Crippen LogP contribution is 2.37. The van der Waals surface area contributed by atoms with Crippen LogP contribution in [0, 0.1) is 0 Å². The highest BCUT2D eigenvalue weighted by molar-refractivity contribution is 9.10. The summed E-state index contributed by atoms with van der Waals surface area (Å²) in [5, 5.41) is 17.9. The van der Waals surface area contributed by atoms with E-state index in [9.17, 15) is 26.4 Å². The number of sulfonamides is 2. The van der Waals surface area contributed by atoms with Crippen LogP contribution in [0.2, 0.25) is 0 Å². The summed E-state index contributed by atoms with van der Waals surface area (Å²) in [6.45, 7) is 11.1. The third-order valence-electron chi connectivity index (χ3n) is 6.19. The van der Waals surface area contributed by atoms with Gasteiger partial charge in [-0.3, -0.25) is 0 Å². The Morgan fingerprint density at radius 3 is 1.61 bits per heavy atom. The quantitative estimate of drug-likeness (QED) is 0.287. The normalized spacial score (nSPS) is 15.8. The van der Waals surface area contributed by atoms with Gasteiger partial charge >= 0.3 is 19.1 Å². The Hall–Kier alpha value is -2.34. The van der Waals surface area contributed by atoms with Crippen molar-refractivity contribution in [3.8, 4) is 0 Å². The predicted octanol–water partition coefficient (Wildman–Crippen LogP) is 3.06. The number of rotatable bonds is 9. The van der Waals surface area contributed by atoms with Gasteiger partial charge < -0.3 is 19.5 Å². The molecule has 0 spiro atoms. The minimum Gasteiger partial charge on any atom is -0.478 e. The van der Waals surface area contributed by atoms with Gasteiger partial charge in [-0.1, -0.05) is 27.3 Å². The molecule has 1 fully saturated rings. The molecule has 16 heteroatoms. The maximum atomic E-state index is 12.5. The molecule has 3 rings (SSSR count). The average Bonchev–Trinajstić information content (AvgIpc) is 3.05. The molecule has 228 valence electrons. The van der Waals surface area contributed by atoms with Crippen LogP contribution in [0.5, 0.6) is 0 Å². The number of hydrogen-bond donors (Lipinski definition) is 4. The van der Waals surface area contributed by atoms with Crippen LogP contribution in [-0.2, 0) is 29.4 Å². The molecule has 0 atom stereocenters. The molecule has 0 saturated carbocycles. The summed E-state index contributed by atoms with van der Waals surface area (Å²) in [5.41, 5.74) is -1.18. The minimum atomic E-state index is -3.88. The van der Waals surface area contributed by atoms with Crippen molar-refractivity contribution in [2.75, 3.05) is 13.1 Å². The molecule has 1 aliphatic heterocycles. The Labute approximate surface area is 250 Å². The van der Waals surface area contributed by atoms with E-state index < -0.39 is 50.3 Å². The molecule has 2 aromatic rings. The van der Waals surface area contributed by atoms with Crippen LogP contribution >= 0.6 is 15.9 Å². The Kier molecular flexibility index (Phi) is 12.3. The van der Waals surface area contributed by atoms with Crippen LogP contribution in [0.3, 0.4) is 0 Å². The number of halogens is 1. The number of carboxylic acid groups (broad SMARTS) is 2. The summed E-state index contributed by atoms with van der Waals surface area (Å²) in [6.07, 6.45) is 0. The molecule has 41 heavy (non-hydrogen) atoms. The molecule has 0 unspecified atom stereocenters. The van der Waals surface area contributed by atoms with Crippen LogP contribution in [0.15, 0.2) is 50.7 Å². The standard InChI is InChI=1S/C15H22BNO6S.C9H10BrNO4S.CH4/c1-6-17-24(20,21)12-9-10(13(18)19)7-8-11(12)16-22-14(2,3)15(4,5)23-16;1-2-11-16(14,15)8-5-6(9(12)13)3-4-7(8)10;/h7-9,17H,6H2,1-5H3,(H,18,19);3-5,11H,2H2,1H3,(H,12,13);1H4. The molecular weight excluding hydrogens is 643 g/mol. The summed E-state index contributed by atoms with van der Waals surface area (Å²) >= 11 is 3.07. The summed E-state index contributed by atoms with van der Waals surface area (Å²) in [7, 11) is -8.44. The second-order valence-electron chi connectivity index (χ2n) is 9.60. The molecule has 1 heterocycles. The lowest BCUT2D eigenvalue weighted by Crippen LogP contribution is -2.41. The Bertz CT molecular complexity index is 1480. The Balaban J connectivity index is 0.000000433. The van der Waals surface area contributed by atoms with Gasteiger partial charge in [-0.15, -0.1) is 0 Å². The van der Waals surface area contributed by atoms with Gasteiger partial charge in [0.25, 0.3) is 0 Å². The summed E-state index contributed by atoms with van der Waals surface area (Å²) < 4.78 is 65.2. The van der Waals surface area contributed by atoms with Crippen molar-refractivity contribution < 1.29 is 45.9 Å². The molecule has 2 aromatic carbocycles. The third kappa shape index (κ3) is 8.59. The number of aromatic carboxylic acids is 2. The maximum Gasteiger partial charge on any atom is 0.496 e. The molecule has 0 radical (unpaired) electrons. The molecule has 0 amide bonds. The molecule has 4 N–H and O–H groups in total. The average molecular weight is 679 g/mol. The van der Waals surface area contributed by atoms with Gasteiger partial charge in [-0.2, -0.15) is 0 Å². The van der Waals surface area contributed by atoms with Crippen molar-refractivity contribution in [3.05, 3.63) is 52.0 Å². The van der Waals surface area contributed by atoms with E-state index in [1.807, 2.05) is 27.7 Å². The molecule has 12 nitrogen and oxygen atoms in total. The number of hydrogen-bond acceptors (Lipinski definition) is 8.